The third-order valence-corrected chi connectivity index (χ3v) is 6.11. The number of sulfonamides is 1. The second-order valence-corrected chi connectivity index (χ2v) is 8.00. The molecule has 1 aromatic heterocycles. The van der Waals surface area contributed by atoms with E-state index < -0.39 is 10.0 Å². The van der Waals surface area contributed by atoms with E-state index in [4.69, 9.17) is 4.98 Å². The van der Waals surface area contributed by atoms with Crippen LogP contribution in [0.4, 0.5) is 5.69 Å². The molecule has 0 spiro atoms. The molecule has 0 aliphatic heterocycles. The van der Waals surface area contributed by atoms with E-state index in [9.17, 15) is 13.7 Å². The van der Waals surface area contributed by atoms with Crippen LogP contribution in [0.3, 0.4) is 0 Å². The summed E-state index contributed by atoms with van der Waals surface area (Å²) in [6.07, 6.45) is 3.72. The van der Waals surface area contributed by atoms with Crippen molar-refractivity contribution in [2.24, 2.45) is 0 Å². The Morgan fingerprint density at radius 2 is 1.73 bits per heavy atom. The normalized spacial score (nSPS) is 13.8. The SMILES string of the molecule is N#Cc1ccccc1S(=O)(=O)Nc1c2c(nc3ccccc13)CCCC2. The summed E-state index contributed by atoms with van der Waals surface area (Å²) >= 11 is 0. The Hall–Kier alpha value is -2.91. The summed E-state index contributed by atoms with van der Waals surface area (Å²) in [5.41, 5.74) is 3.43. The van der Waals surface area contributed by atoms with Crippen molar-refractivity contribution >= 4 is 26.6 Å². The van der Waals surface area contributed by atoms with E-state index in [-0.39, 0.29) is 10.5 Å². The van der Waals surface area contributed by atoms with Gasteiger partial charge in [0.1, 0.15) is 11.0 Å². The molecule has 0 unspecified atom stereocenters. The van der Waals surface area contributed by atoms with E-state index in [1.54, 1.807) is 12.1 Å². The minimum absolute atomic E-state index is 0.00653. The Bertz CT molecular complexity index is 1150. The predicted octanol–water partition coefficient (Wildman–Crippen LogP) is 3.79. The molecule has 1 aliphatic carbocycles. The number of hydrogen-bond donors (Lipinski definition) is 1. The van der Waals surface area contributed by atoms with Crippen molar-refractivity contribution in [1.82, 2.24) is 4.98 Å². The zero-order chi connectivity index (χ0) is 18.1. The standard InChI is InChI=1S/C20H17N3O2S/c21-13-14-7-1-6-12-19(14)26(24,25)23-20-15-8-2-4-10-17(15)22-18-11-5-3-9-16(18)20/h1-2,4,6-8,10,12H,3,5,9,11H2,(H,22,23). The number of para-hydroxylation sites is 1. The van der Waals surface area contributed by atoms with Crippen LogP contribution in [0.25, 0.3) is 10.9 Å². The Kier molecular flexibility index (Phi) is 4.09. The number of fused-ring (bicyclic) bond motifs is 2. The lowest BCUT2D eigenvalue weighted by atomic mass is 9.93. The first-order chi connectivity index (χ1) is 12.6. The summed E-state index contributed by atoms with van der Waals surface area (Å²) in [5.74, 6) is 0. The highest BCUT2D eigenvalue weighted by atomic mass is 32.2. The lowest BCUT2D eigenvalue weighted by molar-refractivity contribution is 0.600. The highest BCUT2D eigenvalue weighted by Crippen LogP contribution is 2.34. The molecule has 1 heterocycles. The fourth-order valence-electron chi connectivity index (χ4n) is 3.47. The molecule has 6 heteroatoms. The Morgan fingerprint density at radius 1 is 1.00 bits per heavy atom. The van der Waals surface area contributed by atoms with Gasteiger partial charge >= 0.3 is 0 Å². The minimum Gasteiger partial charge on any atom is -0.279 e. The van der Waals surface area contributed by atoms with Gasteiger partial charge in [-0.25, -0.2) is 8.42 Å². The molecule has 130 valence electrons. The van der Waals surface area contributed by atoms with Gasteiger partial charge in [0.25, 0.3) is 10.0 Å². The van der Waals surface area contributed by atoms with Crippen molar-refractivity contribution in [3.63, 3.8) is 0 Å². The Labute approximate surface area is 152 Å². The summed E-state index contributed by atoms with van der Waals surface area (Å²) in [4.78, 5) is 4.72. The Morgan fingerprint density at radius 3 is 2.58 bits per heavy atom. The molecule has 3 aromatic rings. The third kappa shape index (κ3) is 2.80. The van der Waals surface area contributed by atoms with Gasteiger partial charge in [0.05, 0.1) is 16.8 Å². The minimum atomic E-state index is -3.88. The number of aryl methyl sites for hydroxylation is 1. The maximum Gasteiger partial charge on any atom is 0.263 e. The topological polar surface area (TPSA) is 82.8 Å². The van der Waals surface area contributed by atoms with Crippen LogP contribution in [-0.4, -0.2) is 13.4 Å². The van der Waals surface area contributed by atoms with Crippen LogP contribution in [0.2, 0.25) is 0 Å². The molecule has 2 aromatic carbocycles. The number of pyridine rings is 1. The van der Waals surface area contributed by atoms with Crippen molar-refractivity contribution in [1.29, 1.82) is 5.26 Å². The molecule has 0 saturated carbocycles. The first kappa shape index (κ1) is 16.6. The lowest BCUT2D eigenvalue weighted by Crippen LogP contribution is -2.18. The molecule has 0 bridgehead atoms. The van der Waals surface area contributed by atoms with E-state index in [0.29, 0.717) is 5.69 Å². The molecular weight excluding hydrogens is 346 g/mol. The molecule has 0 radical (unpaired) electrons. The maximum atomic E-state index is 13.0. The van der Waals surface area contributed by atoms with Crippen molar-refractivity contribution in [2.45, 2.75) is 30.6 Å². The number of nitrogens with one attached hydrogen (secondary N) is 1. The van der Waals surface area contributed by atoms with E-state index in [2.05, 4.69) is 4.72 Å². The molecule has 5 nitrogen and oxygen atoms in total. The van der Waals surface area contributed by atoms with Gasteiger partial charge in [-0.3, -0.25) is 9.71 Å². The van der Waals surface area contributed by atoms with Crippen LogP contribution in [-0.2, 0) is 22.9 Å². The monoisotopic (exact) mass is 363 g/mol. The molecule has 0 amide bonds. The summed E-state index contributed by atoms with van der Waals surface area (Å²) < 4.78 is 28.8. The van der Waals surface area contributed by atoms with Crippen molar-refractivity contribution in [3.05, 3.63) is 65.4 Å². The summed E-state index contributed by atoms with van der Waals surface area (Å²) in [7, 11) is -3.88. The molecule has 0 atom stereocenters. The molecule has 1 aliphatic rings. The quantitative estimate of drug-likeness (QED) is 0.767. The largest absolute Gasteiger partial charge is 0.279 e. The van der Waals surface area contributed by atoms with Crippen LogP contribution >= 0.6 is 0 Å². The number of anilines is 1. The van der Waals surface area contributed by atoms with Gasteiger partial charge in [0, 0.05) is 11.1 Å². The van der Waals surface area contributed by atoms with Gasteiger partial charge in [-0.15, -0.1) is 0 Å². The van der Waals surface area contributed by atoms with Gasteiger partial charge in [-0.05, 0) is 49.4 Å². The molecule has 1 N–H and O–H groups in total. The van der Waals surface area contributed by atoms with Crippen LogP contribution in [0.1, 0.15) is 29.7 Å². The fraction of sp³-hybridized carbons (Fsp3) is 0.200. The number of nitriles is 1. The van der Waals surface area contributed by atoms with Gasteiger partial charge in [-0.2, -0.15) is 5.26 Å². The average molecular weight is 363 g/mol. The second-order valence-electron chi connectivity index (χ2n) is 6.35. The van der Waals surface area contributed by atoms with Gasteiger partial charge in [0.2, 0.25) is 0 Å². The predicted molar refractivity (Wildman–Crippen MR) is 100 cm³/mol. The molecule has 0 fully saturated rings. The number of aromatic nitrogens is 1. The van der Waals surface area contributed by atoms with Crippen LogP contribution in [0.5, 0.6) is 0 Å². The number of hydrogen-bond acceptors (Lipinski definition) is 4. The average Bonchev–Trinajstić information content (AvgIpc) is 2.67. The first-order valence-corrected chi connectivity index (χ1v) is 10.0. The highest BCUT2D eigenvalue weighted by molar-refractivity contribution is 7.92. The number of rotatable bonds is 3. The van der Waals surface area contributed by atoms with Crippen molar-refractivity contribution < 1.29 is 8.42 Å². The van der Waals surface area contributed by atoms with E-state index in [1.807, 2.05) is 30.3 Å². The maximum absolute atomic E-state index is 13.0. The lowest BCUT2D eigenvalue weighted by Gasteiger charge is -2.21. The molecule has 4 rings (SSSR count). The fourth-order valence-corrected chi connectivity index (χ4v) is 4.74. The van der Waals surface area contributed by atoms with Gasteiger partial charge in [0.15, 0.2) is 0 Å². The zero-order valence-electron chi connectivity index (χ0n) is 14.1. The molecule has 0 saturated heterocycles. The van der Waals surface area contributed by atoms with Gasteiger partial charge < -0.3 is 0 Å². The van der Waals surface area contributed by atoms with Crippen LogP contribution in [0, 0.1) is 11.3 Å². The van der Waals surface area contributed by atoms with Gasteiger partial charge in [-0.1, -0.05) is 30.3 Å². The van der Waals surface area contributed by atoms with E-state index in [0.717, 1.165) is 47.8 Å². The first-order valence-electron chi connectivity index (χ1n) is 8.52. The molecular formula is C20H17N3O2S. The van der Waals surface area contributed by atoms with Crippen LogP contribution < -0.4 is 4.72 Å². The van der Waals surface area contributed by atoms with Crippen molar-refractivity contribution in [3.8, 4) is 6.07 Å². The number of nitrogens with zero attached hydrogens (tertiary/aromatic N) is 2. The van der Waals surface area contributed by atoms with E-state index >= 15 is 0 Å². The summed E-state index contributed by atoms with van der Waals surface area (Å²) in [5, 5.41) is 10.0. The molecule has 26 heavy (non-hydrogen) atoms. The summed E-state index contributed by atoms with van der Waals surface area (Å²) in [6.45, 7) is 0. The van der Waals surface area contributed by atoms with Crippen LogP contribution in [0.15, 0.2) is 53.4 Å². The number of benzene rings is 2. The van der Waals surface area contributed by atoms with E-state index in [1.165, 1.54) is 12.1 Å². The third-order valence-electron chi connectivity index (χ3n) is 4.70. The highest BCUT2D eigenvalue weighted by Gasteiger charge is 2.24. The summed E-state index contributed by atoms with van der Waals surface area (Å²) in [6, 6.07) is 15.7. The Balaban J connectivity index is 1.91. The second kappa shape index (κ2) is 6.43. The smallest absolute Gasteiger partial charge is 0.263 e. The van der Waals surface area contributed by atoms with Crippen molar-refractivity contribution in [2.75, 3.05) is 4.72 Å². The zero-order valence-corrected chi connectivity index (χ0v) is 14.9.